The highest BCUT2D eigenvalue weighted by Crippen LogP contribution is 2.37. The third kappa shape index (κ3) is 3.39. The summed E-state index contributed by atoms with van der Waals surface area (Å²) in [5.74, 6) is -4.70. The normalized spacial score (nSPS) is 24.9. The molecule has 1 aromatic heterocycles. The number of aromatic nitrogens is 1. The lowest BCUT2D eigenvalue weighted by Gasteiger charge is -2.35. The molecule has 1 fully saturated rings. The number of halogens is 3. The summed E-state index contributed by atoms with van der Waals surface area (Å²) < 4.78 is 48.1. The monoisotopic (exact) mass is 401 g/mol. The van der Waals surface area contributed by atoms with E-state index in [-0.39, 0.29) is 17.7 Å². The molecule has 1 heterocycles. The van der Waals surface area contributed by atoms with Crippen LogP contribution in [0, 0.1) is 12.8 Å². The maximum atomic E-state index is 12.9. The fraction of sp³-hybridized carbons (Fsp3) is 0.444. The average molecular weight is 401 g/mol. The molecular formula is C18H18F3NO6. The van der Waals surface area contributed by atoms with Crippen LogP contribution >= 0.6 is 0 Å². The van der Waals surface area contributed by atoms with Crippen molar-refractivity contribution in [3.8, 4) is 0 Å². The van der Waals surface area contributed by atoms with Crippen LogP contribution in [0.1, 0.15) is 30.3 Å². The van der Waals surface area contributed by atoms with Gasteiger partial charge in [0.05, 0.1) is 7.11 Å². The molecule has 10 heteroatoms. The number of carbonyl (C=O) groups excluding carboxylic acids is 3. The molecule has 0 amide bonds. The molecule has 2 rings (SSSR count). The van der Waals surface area contributed by atoms with Crippen LogP contribution in [0.25, 0.3) is 5.76 Å². The van der Waals surface area contributed by atoms with Crippen LogP contribution in [0.15, 0.2) is 17.7 Å². The highest BCUT2D eigenvalue weighted by atomic mass is 19.4. The van der Waals surface area contributed by atoms with Crippen LogP contribution in [-0.4, -0.2) is 47.4 Å². The molecule has 1 aliphatic rings. The fourth-order valence-electron chi connectivity index (χ4n) is 3.11. The van der Waals surface area contributed by atoms with Gasteiger partial charge in [-0.1, -0.05) is 6.92 Å². The summed E-state index contributed by atoms with van der Waals surface area (Å²) >= 11 is 0. The molecule has 7 nitrogen and oxygen atoms in total. The Labute approximate surface area is 158 Å². The molecule has 152 valence electrons. The van der Waals surface area contributed by atoms with E-state index >= 15 is 0 Å². The molecule has 1 aliphatic carbocycles. The topological polar surface area (TPSA) is 103 Å². The van der Waals surface area contributed by atoms with E-state index < -0.39 is 52.3 Å². The number of Topliss-reactive ketones (excluding diaryl/α,β-unsaturated/α-hetero) is 2. The lowest BCUT2D eigenvalue weighted by Crippen LogP contribution is -2.56. The summed E-state index contributed by atoms with van der Waals surface area (Å²) in [6, 6.07) is 1.52. The third-order valence-corrected chi connectivity index (χ3v) is 4.61. The van der Waals surface area contributed by atoms with Crippen LogP contribution in [0.3, 0.4) is 0 Å². The van der Waals surface area contributed by atoms with Gasteiger partial charge in [-0.05, 0) is 19.1 Å². The molecule has 1 N–H and O–H groups in total. The lowest BCUT2D eigenvalue weighted by atomic mass is 9.73. The lowest BCUT2D eigenvalue weighted by molar-refractivity contribution is -0.174. The smallest absolute Gasteiger partial charge is 0.433 e. The van der Waals surface area contributed by atoms with Gasteiger partial charge in [0.15, 0.2) is 5.78 Å². The zero-order valence-electron chi connectivity index (χ0n) is 15.5. The Morgan fingerprint density at radius 3 is 2.36 bits per heavy atom. The maximum absolute atomic E-state index is 12.9. The number of aliphatic hydroxyl groups excluding tert-OH is 1. The van der Waals surface area contributed by atoms with Crippen molar-refractivity contribution in [2.75, 3.05) is 14.2 Å². The molecular weight excluding hydrogens is 383 g/mol. The molecule has 0 aromatic carbocycles. The molecule has 0 bridgehead atoms. The van der Waals surface area contributed by atoms with Gasteiger partial charge in [-0.25, -0.2) is 9.78 Å². The van der Waals surface area contributed by atoms with Gasteiger partial charge in [-0.15, -0.1) is 0 Å². The van der Waals surface area contributed by atoms with Gasteiger partial charge < -0.3 is 14.6 Å². The van der Waals surface area contributed by atoms with E-state index in [2.05, 4.69) is 9.72 Å². The zero-order valence-corrected chi connectivity index (χ0v) is 15.5. The number of hydrogen-bond donors (Lipinski definition) is 1. The van der Waals surface area contributed by atoms with Crippen molar-refractivity contribution in [3.63, 3.8) is 0 Å². The number of alkyl halides is 3. The Bertz CT molecular complexity index is 877. The van der Waals surface area contributed by atoms with E-state index in [1.165, 1.54) is 13.8 Å². The Balaban J connectivity index is 2.68. The minimum atomic E-state index is -4.70. The van der Waals surface area contributed by atoms with Gasteiger partial charge in [0.1, 0.15) is 17.0 Å². The standard InChI is InChI=1S/C18H18F3NO6/c1-8-7-17(28-4,16(26)27-3)15(25)12(13(8)23)14(24)10-5-6-11(18(19,20)21)22-9(10)2/h5-6,8,24H,7H2,1-4H3. The van der Waals surface area contributed by atoms with E-state index in [0.29, 0.717) is 6.07 Å². The highest BCUT2D eigenvalue weighted by Gasteiger charge is 2.56. The zero-order chi connectivity index (χ0) is 21.4. The van der Waals surface area contributed by atoms with E-state index in [1.54, 1.807) is 0 Å². The first-order chi connectivity index (χ1) is 12.9. The van der Waals surface area contributed by atoms with Gasteiger partial charge in [0, 0.05) is 30.7 Å². The quantitative estimate of drug-likeness (QED) is 0.273. The highest BCUT2D eigenvalue weighted by molar-refractivity contribution is 6.33. The van der Waals surface area contributed by atoms with Crippen molar-refractivity contribution in [2.24, 2.45) is 5.92 Å². The largest absolute Gasteiger partial charge is 0.506 e. The van der Waals surface area contributed by atoms with E-state index in [4.69, 9.17) is 4.74 Å². The predicted octanol–water partition coefficient (Wildman–Crippen LogP) is 2.41. The van der Waals surface area contributed by atoms with Crippen LogP contribution in [0.4, 0.5) is 13.2 Å². The van der Waals surface area contributed by atoms with E-state index in [0.717, 1.165) is 20.3 Å². The molecule has 1 saturated carbocycles. The second-order valence-corrected chi connectivity index (χ2v) is 6.37. The van der Waals surface area contributed by atoms with Gasteiger partial charge in [0.25, 0.3) is 0 Å². The number of ether oxygens (including phenoxy) is 2. The number of pyridine rings is 1. The molecule has 28 heavy (non-hydrogen) atoms. The number of esters is 1. The van der Waals surface area contributed by atoms with Crippen molar-refractivity contribution in [2.45, 2.75) is 32.0 Å². The van der Waals surface area contributed by atoms with Crippen LogP contribution in [-0.2, 0) is 30.0 Å². The first kappa shape index (κ1) is 21.5. The van der Waals surface area contributed by atoms with Crippen molar-refractivity contribution in [3.05, 3.63) is 34.7 Å². The number of hydrogen-bond acceptors (Lipinski definition) is 7. The molecule has 0 radical (unpaired) electrons. The SMILES string of the molecule is COC(=O)C1(OC)CC(C)C(=O)C(=C(O)c2ccc(C(F)(F)F)nc2C)C1=O. The van der Waals surface area contributed by atoms with Crippen molar-refractivity contribution >= 4 is 23.3 Å². The Morgan fingerprint density at radius 1 is 1.29 bits per heavy atom. The Morgan fingerprint density at radius 2 is 1.89 bits per heavy atom. The van der Waals surface area contributed by atoms with Crippen molar-refractivity contribution < 1.29 is 42.1 Å². The second-order valence-electron chi connectivity index (χ2n) is 6.37. The first-order valence-corrected chi connectivity index (χ1v) is 8.11. The van der Waals surface area contributed by atoms with Crippen molar-refractivity contribution in [1.82, 2.24) is 4.98 Å². The molecule has 2 atom stereocenters. The molecule has 0 saturated heterocycles. The molecule has 2 unspecified atom stereocenters. The second kappa shape index (κ2) is 7.34. The van der Waals surface area contributed by atoms with Gasteiger partial charge in [0.2, 0.25) is 11.4 Å². The van der Waals surface area contributed by atoms with Gasteiger partial charge in [-0.2, -0.15) is 13.2 Å². The summed E-state index contributed by atoms with van der Waals surface area (Å²) in [4.78, 5) is 41.0. The minimum absolute atomic E-state index is 0.242. The predicted molar refractivity (Wildman–Crippen MR) is 89.1 cm³/mol. The molecule has 1 aromatic rings. The summed E-state index contributed by atoms with van der Waals surface area (Å²) in [6.07, 6.45) is -5.00. The van der Waals surface area contributed by atoms with Crippen LogP contribution in [0.2, 0.25) is 0 Å². The minimum Gasteiger partial charge on any atom is -0.506 e. The number of methoxy groups -OCH3 is 2. The van der Waals surface area contributed by atoms with Crippen molar-refractivity contribution in [1.29, 1.82) is 0 Å². The number of ketones is 2. The summed E-state index contributed by atoms with van der Waals surface area (Å²) in [7, 11) is 2.11. The summed E-state index contributed by atoms with van der Waals surface area (Å²) in [5.41, 5.74) is -4.57. The van der Waals surface area contributed by atoms with Crippen LogP contribution < -0.4 is 0 Å². The third-order valence-electron chi connectivity index (χ3n) is 4.61. The summed E-state index contributed by atoms with van der Waals surface area (Å²) in [6.45, 7) is 2.61. The summed E-state index contributed by atoms with van der Waals surface area (Å²) in [5, 5.41) is 10.6. The number of carbonyl (C=O) groups is 3. The Kier molecular flexibility index (Phi) is 5.65. The number of aliphatic hydroxyl groups is 1. The average Bonchev–Trinajstić information content (AvgIpc) is 2.63. The van der Waals surface area contributed by atoms with E-state index in [9.17, 15) is 32.7 Å². The molecule has 0 spiro atoms. The van der Waals surface area contributed by atoms with Gasteiger partial charge in [-0.3, -0.25) is 9.59 Å². The van der Waals surface area contributed by atoms with Gasteiger partial charge >= 0.3 is 12.1 Å². The number of aryl methyl sites for hydroxylation is 1. The first-order valence-electron chi connectivity index (χ1n) is 8.11. The Hall–Kier alpha value is -2.75. The fourth-order valence-corrected chi connectivity index (χ4v) is 3.11. The molecule has 0 aliphatic heterocycles. The number of nitrogens with zero attached hydrogens (tertiary/aromatic N) is 1. The number of rotatable bonds is 3. The maximum Gasteiger partial charge on any atom is 0.433 e. The van der Waals surface area contributed by atoms with E-state index in [1.807, 2.05) is 0 Å². The van der Waals surface area contributed by atoms with Crippen LogP contribution in [0.5, 0.6) is 0 Å².